The molecule has 0 aliphatic carbocycles. The van der Waals surface area contributed by atoms with Crippen LogP contribution in [0.2, 0.25) is 0 Å². The lowest BCUT2D eigenvalue weighted by Gasteiger charge is -2.08. The Morgan fingerprint density at radius 2 is 1.91 bits per heavy atom. The summed E-state index contributed by atoms with van der Waals surface area (Å²) in [4.78, 5) is 0. The van der Waals surface area contributed by atoms with Crippen LogP contribution in [0.15, 0.2) is 84.3 Å². The van der Waals surface area contributed by atoms with E-state index >= 15 is 0 Å². The van der Waals surface area contributed by atoms with Gasteiger partial charge in [-0.2, -0.15) is 0 Å². The van der Waals surface area contributed by atoms with Crippen LogP contribution in [0, 0.1) is 0 Å². The van der Waals surface area contributed by atoms with Crippen LogP contribution in [0.1, 0.15) is 17.5 Å². The molecule has 2 aromatic carbocycles. The number of ether oxygens (including phenoxy) is 1. The highest BCUT2D eigenvalue weighted by atomic mass is 32.2. The highest BCUT2D eigenvalue weighted by molar-refractivity contribution is 8.03. The van der Waals surface area contributed by atoms with Crippen molar-refractivity contribution >= 4 is 17.8 Å². The third-order valence-electron chi connectivity index (χ3n) is 3.72. The van der Waals surface area contributed by atoms with E-state index in [1.165, 1.54) is 11.1 Å². The SMILES string of the molecule is C=C(/C=C/c1ccc(OCc2ccccc2)cc1)C1CC=CS1. The monoisotopic (exact) mass is 320 g/mol. The molecule has 1 aliphatic rings. The second kappa shape index (κ2) is 7.89. The minimum Gasteiger partial charge on any atom is -0.489 e. The van der Waals surface area contributed by atoms with E-state index < -0.39 is 0 Å². The minimum atomic E-state index is 0.500. The molecule has 1 nitrogen and oxygen atoms in total. The molecule has 23 heavy (non-hydrogen) atoms. The van der Waals surface area contributed by atoms with E-state index in [1.54, 1.807) is 0 Å². The maximum Gasteiger partial charge on any atom is 0.119 e. The summed E-state index contributed by atoms with van der Waals surface area (Å²) in [5.74, 6) is 0.889. The maximum absolute atomic E-state index is 5.80. The fourth-order valence-electron chi connectivity index (χ4n) is 2.35. The molecule has 1 aliphatic heterocycles. The summed E-state index contributed by atoms with van der Waals surface area (Å²) >= 11 is 1.84. The van der Waals surface area contributed by atoms with Gasteiger partial charge < -0.3 is 4.74 Å². The molecular formula is C21H20OS. The van der Waals surface area contributed by atoms with Crippen molar-refractivity contribution in [3.63, 3.8) is 0 Å². The number of rotatable bonds is 6. The molecule has 0 saturated carbocycles. The zero-order valence-corrected chi connectivity index (χ0v) is 13.8. The average molecular weight is 320 g/mol. The van der Waals surface area contributed by atoms with Gasteiger partial charge in [0.15, 0.2) is 0 Å². The third kappa shape index (κ3) is 4.64. The first-order valence-electron chi connectivity index (χ1n) is 7.75. The number of allylic oxidation sites excluding steroid dienone is 2. The first-order chi connectivity index (χ1) is 11.3. The van der Waals surface area contributed by atoms with E-state index in [0.29, 0.717) is 11.9 Å². The summed E-state index contributed by atoms with van der Waals surface area (Å²) < 4.78 is 5.80. The smallest absolute Gasteiger partial charge is 0.119 e. The quantitative estimate of drug-likeness (QED) is 0.617. The van der Waals surface area contributed by atoms with Crippen molar-refractivity contribution in [3.05, 3.63) is 95.4 Å². The second-order valence-corrected chi connectivity index (χ2v) is 6.60. The molecule has 0 bridgehead atoms. The molecule has 0 saturated heterocycles. The summed E-state index contributed by atoms with van der Waals surface area (Å²) in [6, 6.07) is 18.4. The summed E-state index contributed by atoms with van der Waals surface area (Å²) in [6.07, 6.45) is 7.51. The fourth-order valence-corrected chi connectivity index (χ4v) is 3.24. The number of benzene rings is 2. The fraction of sp³-hybridized carbons (Fsp3) is 0.143. The number of hydrogen-bond donors (Lipinski definition) is 0. The lowest BCUT2D eigenvalue weighted by Crippen LogP contribution is -1.97. The normalized spacial score (nSPS) is 16.8. The van der Waals surface area contributed by atoms with Crippen molar-refractivity contribution in [2.45, 2.75) is 18.3 Å². The van der Waals surface area contributed by atoms with E-state index in [9.17, 15) is 0 Å². The van der Waals surface area contributed by atoms with Crippen molar-refractivity contribution < 1.29 is 4.74 Å². The topological polar surface area (TPSA) is 9.23 Å². The van der Waals surface area contributed by atoms with Crippen LogP contribution in [0.4, 0.5) is 0 Å². The van der Waals surface area contributed by atoms with Gasteiger partial charge in [0.1, 0.15) is 12.4 Å². The Bertz CT molecular complexity index is 690. The van der Waals surface area contributed by atoms with Gasteiger partial charge >= 0.3 is 0 Å². The summed E-state index contributed by atoms with van der Waals surface area (Å²) in [7, 11) is 0. The molecule has 2 aromatic rings. The molecule has 0 amide bonds. The highest BCUT2D eigenvalue weighted by Gasteiger charge is 2.11. The van der Waals surface area contributed by atoms with Crippen LogP contribution in [0.3, 0.4) is 0 Å². The number of hydrogen-bond acceptors (Lipinski definition) is 2. The molecule has 3 rings (SSSR count). The van der Waals surface area contributed by atoms with Crippen molar-refractivity contribution in [2.24, 2.45) is 0 Å². The van der Waals surface area contributed by atoms with Crippen LogP contribution in [0.5, 0.6) is 5.75 Å². The van der Waals surface area contributed by atoms with E-state index in [4.69, 9.17) is 4.74 Å². The van der Waals surface area contributed by atoms with Gasteiger partial charge in [0.25, 0.3) is 0 Å². The van der Waals surface area contributed by atoms with Gasteiger partial charge in [-0.05, 0) is 40.7 Å². The van der Waals surface area contributed by atoms with Gasteiger partial charge in [0.2, 0.25) is 0 Å². The summed E-state index contributed by atoms with van der Waals surface area (Å²) in [6.45, 7) is 4.76. The van der Waals surface area contributed by atoms with E-state index in [1.807, 2.05) is 42.1 Å². The Labute approximate surface area is 142 Å². The van der Waals surface area contributed by atoms with Gasteiger partial charge in [-0.15, -0.1) is 11.8 Å². The average Bonchev–Trinajstić information content (AvgIpc) is 3.14. The van der Waals surface area contributed by atoms with Gasteiger partial charge in [0, 0.05) is 5.25 Å². The van der Waals surface area contributed by atoms with Gasteiger partial charge in [0.05, 0.1) is 0 Å². The first kappa shape index (κ1) is 15.7. The van der Waals surface area contributed by atoms with E-state index in [2.05, 4.69) is 54.5 Å². The largest absolute Gasteiger partial charge is 0.489 e. The van der Waals surface area contributed by atoms with Crippen molar-refractivity contribution in [1.82, 2.24) is 0 Å². The molecule has 0 N–H and O–H groups in total. The number of thioether (sulfide) groups is 1. The van der Waals surface area contributed by atoms with Gasteiger partial charge in [-0.25, -0.2) is 0 Å². The Hall–Kier alpha value is -2.19. The van der Waals surface area contributed by atoms with Crippen molar-refractivity contribution in [3.8, 4) is 5.75 Å². The molecule has 1 heterocycles. The maximum atomic E-state index is 5.80. The van der Waals surface area contributed by atoms with Crippen LogP contribution in [-0.2, 0) is 6.61 Å². The molecule has 1 atom stereocenters. The summed E-state index contributed by atoms with van der Waals surface area (Å²) in [5, 5.41) is 2.66. The van der Waals surface area contributed by atoms with E-state index in [-0.39, 0.29) is 0 Å². The first-order valence-corrected chi connectivity index (χ1v) is 8.70. The predicted octanol–water partition coefficient (Wildman–Crippen LogP) is 5.85. The predicted molar refractivity (Wildman–Crippen MR) is 101 cm³/mol. The van der Waals surface area contributed by atoms with Crippen LogP contribution in [0.25, 0.3) is 6.08 Å². The molecule has 0 radical (unpaired) electrons. The molecular weight excluding hydrogens is 300 g/mol. The van der Waals surface area contributed by atoms with Crippen molar-refractivity contribution in [2.75, 3.05) is 0 Å². The molecule has 1 unspecified atom stereocenters. The zero-order valence-electron chi connectivity index (χ0n) is 13.0. The Kier molecular flexibility index (Phi) is 5.38. The summed E-state index contributed by atoms with van der Waals surface area (Å²) in [5.41, 5.74) is 3.51. The Morgan fingerprint density at radius 3 is 2.61 bits per heavy atom. The van der Waals surface area contributed by atoms with Crippen LogP contribution >= 0.6 is 11.8 Å². The zero-order chi connectivity index (χ0) is 15.9. The highest BCUT2D eigenvalue weighted by Crippen LogP contribution is 2.30. The Morgan fingerprint density at radius 1 is 1.13 bits per heavy atom. The Balaban J connectivity index is 1.53. The molecule has 0 spiro atoms. The molecule has 2 heteroatoms. The molecule has 116 valence electrons. The van der Waals surface area contributed by atoms with Gasteiger partial charge in [-0.1, -0.05) is 67.3 Å². The second-order valence-electron chi connectivity index (χ2n) is 5.48. The van der Waals surface area contributed by atoms with Crippen molar-refractivity contribution in [1.29, 1.82) is 0 Å². The van der Waals surface area contributed by atoms with E-state index in [0.717, 1.165) is 17.7 Å². The van der Waals surface area contributed by atoms with Gasteiger partial charge in [-0.3, -0.25) is 0 Å². The molecule has 0 fully saturated rings. The third-order valence-corrected chi connectivity index (χ3v) is 4.89. The lowest BCUT2D eigenvalue weighted by molar-refractivity contribution is 0.306. The lowest BCUT2D eigenvalue weighted by atomic mass is 10.1. The molecule has 0 aromatic heterocycles. The van der Waals surface area contributed by atoms with Crippen LogP contribution in [-0.4, -0.2) is 5.25 Å². The minimum absolute atomic E-state index is 0.500. The standard InChI is InChI=1S/C21H20OS/c1-17(21-8-5-15-23-21)9-10-18-11-13-20(14-12-18)22-16-19-6-3-2-4-7-19/h2-7,9-15,21H,1,8,16H2/b10-9+. The van der Waals surface area contributed by atoms with Crippen LogP contribution < -0.4 is 4.74 Å².